The van der Waals surface area contributed by atoms with Crippen molar-refractivity contribution in [3.63, 3.8) is 0 Å². The van der Waals surface area contributed by atoms with Crippen LogP contribution in [0.1, 0.15) is 6.92 Å². The van der Waals surface area contributed by atoms with E-state index in [9.17, 15) is 4.79 Å². The topological polar surface area (TPSA) is 17.1 Å². The van der Waals surface area contributed by atoms with E-state index in [4.69, 9.17) is 0 Å². The van der Waals surface area contributed by atoms with Crippen LogP contribution in [0.4, 0.5) is 0 Å². The summed E-state index contributed by atoms with van der Waals surface area (Å²) in [5.74, 6) is 0.399. The van der Waals surface area contributed by atoms with E-state index in [1.165, 1.54) is 0 Å². The Kier molecular flexibility index (Phi) is 4.86. The molecule has 0 aliphatic rings. The standard InChI is InChI=1S/C5H8Br2O/c1-4(2-6)5(8)3-7/h4H,2-3H2,1H3. The Morgan fingerprint density at radius 2 is 2.12 bits per heavy atom. The molecule has 0 aromatic carbocycles. The highest BCUT2D eigenvalue weighted by molar-refractivity contribution is 9.09. The minimum Gasteiger partial charge on any atom is -0.298 e. The van der Waals surface area contributed by atoms with Gasteiger partial charge in [-0.25, -0.2) is 0 Å². The summed E-state index contributed by atoms with van der Waals surface area (Å²) in [4.78, 5) is 10.7. The van der Waals surface area contributed by atoms with Gasteiger partial charge < -0.3 is 0 Å². The Bertz CT molecular complexity index is 82.5. The first-order chi connectivity index (χ1) is 3.72. The molecular formula is C5H8Br2O. The molecule has 1 atom stereocenters. The lowest BCUT2D eigenvalue weighted by Crippen LogP contribution is -2.12. The minimum absolute atomic E-state index is 0.148. The van der Waals surface area contributed by atoms with E-state index in [-0.39, 0.29) is 11.7 Å². The summed E-state index contributed by atoms with van der Waals surface area (Å²) < 4.78 is 0. The molecule has 0 rings (SSSR count). The number of ketones is 1. The first-order valence-corrected chi connectivity index (χ1v) is 4.61. The zero-order valence-electron chi connectivity index (χ0n) is 4.66. The number of carbonyl (C=O) groups is 1. The molecule has 0 saturated heterocycles. The highest BCUT2D eigenvalue weighted by atomic mass is 79.9. The first-order valence-electron chi connectivity index (χ1n) is 2.37. The van der Waals surface area contributed by atoms with Crippen molar-refractivity contribution in [2.75, 3.05) is 10.7 Å². The van der Waals surface area contributed by atoms with E-state index >= 15 is 0 Å². The molecule has 0 aromatic heterocycles. The Labute approximate surface area is 66.1 Å². The molecule has 1 unspecified atom stereocenters. The monoisotopic (exact) mass is 242 g/mol. The van der Waals surface area contributed by atoms with Crippen molar-refractivity contribution in [3.05, 3.63) is 0 Å². The second-order valence-corrected chi connectivity index (χ2v) is 2.86. The molecule has 0 radical (unpaired) electrons. The van der Waals surface area contributed by atoms with Crippen molar-refractivity contribution in [2.24, 2.45) is 5.92 Å². The average molecular weight is 244 g/mol. The molecule has 0 amide bonds. The highest BCUT2D eigenvalue weighted by Crippen LogP contribution is 2.02. The van der Waals surface area contributed by atoms with Crippen LogP contribution in [0.25, 0.3) is 0 Å². The molecule has 0 aromatic rings. The highest BCUT2D eigenvalue weighted by Gasteiger charge is 2.07. The predicted octanol–water partition coefficient (Wildman–Crippen LogP) is 1.98. The fourth-order valence-corrected chi connectivity index (χ4v) is 1.13. The molecular weight excluding hydrogens is 236 g/mol. The smallest absolute Gasteiger partial charge is 0.147 e. The Hall–Kier alpha value is 0.630. The summed E-state index contributed by atoms with van der Waals surface area (Å²) in [6, 6.07) is 0. The summed E-state index contributed by atoms with van der Waals surface area (Å²) >= 11 is 6.30. The molecule has 1 nitrogen and oxygen atoms in total. The van der Waals surface area contributed by atoms with Crippen molar-refractivity contribution in [3.8, 4) is 0 Å². The van der Waals surface area contributed by atoms with Gasteiger partial charge in [-0.3, -0.25) is 4.79 Å². The van der Waals surface area contributed by atoms with Gasteiger partial charge in [-0.05, 0) is 0 Å². The van der Waals surface area contributed by atoms with E-state index in [1.807, 2.05) is 6.92 Å². The van der Waals surface area contributed by atoms with Gasteiger partial charge in [-0.15, -0.1) is 0 Å². The van der Waals surface area contributed by atoms with Crippen LogP contribution in [-0.4, -0.2) is 16.4 Å². The second kappa shape index (κ2) is 4.50. The summed E-state index contributed by atoms with van der Waals surface area (Å²) in [5, 5.41) is 1.23. The van der Waals surface area contributed by atoms with Gasteiger partial charge in [0.15, 0.2) is 0 Å². The molecule has 0 fully saturated rings. The maximum Gasteiger partial charge on any atom is 0.147 e. The molecule has 0 bridgehead atoms. The van der Waals surface area contributed by atoms with Gasteiger partial charge in [0.05, 0.1) is 5.33 Å². The molecule has 0 spiro atoms. The average Bonchev–Trinajstić information content (AvgIpc) is 1.84. The number of rotatable bonds is 3. The van der Waals surface area contributed by atoms with Gasteiger partial charge in [-0.1, -0.05) is 38.8 Å². The van der Waals surface area contributed by atoms with E-state index in [0.717, 1.165) is 5.33 Å². The molecule has 0 aliphatic heterocycles. The van der Waals surface area contributed by atoms with E-state index < -0.39 is 0 Å². The maximum absolute atomic E-state index is 10.7. The minimum atomic E-state index is 0.148. The molecule has 3 heteroatoms. The quantitative estimate of drug-likeness (QED) is 0.693. The number of hydrogen-bond donors (Lipinski definition) is 0. The fraction of sp³-hybridized carbons (Fsp3) is 0.800. The van der Waals surface area contributed by atoms with Crippen LogP contribution in [0.3, 0.4) is 0 Å². The van der Waals surface area contributed by atoms with E-state index in [0.29, 0.717) is 5.33 Å². The van der Waals surface area contributed by atoms with Crippen molar-refractivity contribution in [1.82, 2.24) is 0 Å². The Morgan fingerprint density at radius 3 is 2.25 bits per heavy atom. The van der Waals surface area contributed by atoms with Crippen molar-refractivity contribution < 1.29 is 4.79 Å². The van der Waals surface area contributed by atoms with Gasteiger partial charge in [0.1, 0.15) is 5.78 Å². The molecule has 0 N–H and O–H groups in total. The fourth-order valence-electron chi connectivity index (χ4n) is 0.218. The number of Topliss-reactive ketones (excluding diaryl/α,β-unsaturated/α-hetero) is 1. The molecule has 8 heavy (non-hydrogen) atoms. The zero-order chi connectivity index (χ0) is 6.57. The van der Waals surface area contributed by atoms with Crippen LogP contribution in [0.5, 0.6) is 0 Å². The SMILES string of the molecule is CC(CBr)C(=O)CBr. The van der Waals surface area contributed by atoms with E-state index in [2.05, 4.69) is 31.9 Å². The van der Waals surface area contributed by atoms with Crippen LogP contribution in [-0.2, 0) is 4.79 Å². The largest absolute Gasteiger partial charge is 0.298 e. The molecule has 0 heterocycles. The van der Waals surface area contributed by atoms with Gasteiger partial charge >= 0.3 is 0 Å². The third kappa shape index (κ3) is 2.82. The van der Waals surface area contributed by atoms with Gasteiger partial charge in [-0.2, -0.15) is 0 Å². The van der Waals surface area contributed by atoms with Gasteiger partial charge in [0, 0.05) is 11.2 Å². The summed E-state index contributed by atoms with van der Waals surface area (Å²) in [6.07, 6.45) is 0. The van der Waals surface area contributed by atoms with E-state index in [1.54, 1.807) is 0 Å². The summed E-state index contributed by atoms with van der Waals surface area (Å²) in [5.41, 5.74) is 0. The maximum atomic E-state index is 10.7. The van der Waals surface area contributed by atoms with Crippen LogP contribution in [0.15, 0.2) is 0 Å². The number of hydrogen-bond acceptors (Lipinski definition) is 1. The molecule has 0 saturated carbocycles. The molecule has 0 aliphatic carbocycles. The van der Waals surface area contributed by atoms with Crippen molar-refractivity contribution >= 4 is 37.6 Å². The van der Waals surface area contributed by atoms with Gasteiger partial charge in [0.25, 0.3) is 0 Å². The summed E-state index contributed by atoms with van der Waals surface area (Å²) in [7, 11) is 0. The summed E-state index contributed by atoms with van der Waals surface area (Å²) in [6.45, 7) is 1.90. The number of halogens is 2. The Morgan fingerprint density at radius 1 is 1.62 bits per heavy atom. The predicted molar refractivity (Wildman–Crippen MR) is 41.8 cm³/mol. The van der Waals surface area contributed by atoms with Crippen LogP contribution >= 0.6 is 31.9 Å². The van der Waals surface area contributed by atoms with Gasteiger partial charge in [0.2, 0.25) is 0 Å². The second-order valence-electron chi connectivity index (χ2n) is 1.66. The van der Waals surface area contributed by atoms with Crippen LogP contribution in [0, 0.1) is 5.92 Å². The normalized spacial score (nSPS) is 13.4. The zero-order valence-corrected chi connectivity index (χ0v) is 7.83. The van der Waals surface area contributed by atoms with Crippen molar-refractivity contribution in [2.45, 2.75) is 6.92 Å². The van der Waals surface area contributed by atoms with Crippen LogP contribution < -0.4 is 0 Å². The lowest BCUT2D eigenvalue weighted by Gasteiger charge is -2.00. The first kappa shape index (κ1) is 8.63. The van der Waals surface area contributed by atoms with Crippen LogP contribution in [0.2, 0.25) is 0 Å². The van der Waals surface area contributed by atoms with Crippen molar-refractivity contribution in [1.29, 1.82) is 0 Å². The third-order valence-electron chi connectivity index (χ3n) is 0.913. The lowest BCUT2D eigenvalue weighted by atomic mass is 10.1. The lowest BCUT2D eigenvalue weighted by molar-refractivity contribution is -0.119. The Balaban J connectivity index is 3.46. The number of alkyl halides is 2. The number of carbonyl (C=O) groups excluding carboxylic acids is 1. The molecule has 48 valence electrons. The third-order valence-corrected chi connectivity index (χ3v) is 2.44.